The normalized spacial score (nSPS) is 27.6. The number of fused-ring (bicyclic) bond motifs is 1. The monoisotopic (exact) mass is 469 g/mol. The standard InChI is InChI=1S/C24H27N3O7/c1-13-8-9-17-16(10-13)19(23(32)27(17)11-15-6-4-3-5-7-15)26-34-24-20(25-14(2)29)22(31)21(30)18(12-28)33-24/h3-10,18,20-22,24,28,30-31H,11-12H2,1-2H3,(H,25,29)/b26-19-/t18-,20+,21+,22-,24+/m1/s1. The quantitative estimate of drug-likeness (QED) is 0.443. The number of rotatable bonds is 6. The van der Waals surface area contributed by atoms with Gasteiger partial charge in [0.2, 0.25) is 12.2 Å². The average molecular weight is 469 g/mol. The molecular formula is C24H27N3O7. The summed E-state index contributed by atoms with van der Waals surface area (Å²) in [5.74, 6) is -0.869. The van der Waals surface area contributed by atoms with Crippen LogP contribution in [0.3, 0.4) is 0 Å². The first-order valence-electron chi connectivity index (χ1n) is 10.9. The van der Waals surface area contributed by atoms with Crippen LogP contribution in [0.5, 0.6) is 0 Å². The molecule has 0 bridgehead atoms. The van der Waals surface area contributed by atoms with Crippen LogP contribution < -0.4 is 10.2 Å². The molecule has 2 aromatic carbocycles. The Morgan fingerprint density at radius 2 is 1.91 bits per heavy atom. The van der Waals surface area contributed by atoms with Crippen LogP contribution in [-0.2, 0) is 25.7 Å². The van der Waals surface area contributed by atoms with Crippen molar-refractivity contribution in [1.82, 2.24) is 5.32 Å². The van der Waals surface area contributed by atoms with Crippen LogP contribution in [0.2, 0.25) is 0 Å². The minimum atomic E-state index is -1.48. The van der Waals surface area contributed by atoms with Crippen molar-refractivity contribution in [3.8, 4) is 0 Å². The van der Waals surface area contributed by atoms with E-state index >= 15 is 0 Å². The van der Waals surface area contributed by atoms with Gasteiger partial charge in [-0.1, -0.05) is 47.1 Å². The first-order chi connectivity index (χ1) is 16.3. The van der Waals surface area contributed by atoms with E-state index in [1.54, 1.807) is 4.90 Å². The molecule has 4 N–H and O–H groups in total. The lowest BCUT2D eigenvalue weighted by Gasteiger charge is -2.40. The summed E-state index contributed by atoms with van der Waals surface area (Å²) in [6, 6.07) is 13.9. The van der Waals surface area contributed by atoms with Gasteiger partial charge in [0.15, 0.2) is 5.71 Å². The summed E-state index contributed by atoms with van der Waals surface area (Å²) < 4.78 is 5.53. The van der Waals surface area contributed by atoms with Gasteiger partial charge in [-0.25, -0.2) is 0 Å². The van der Waals surface area contributed by atoms with Crippen molar-refractivity contribution in [2.24, 2.45) is 5.16 Å². The first kappa shape index (κ1) is 23.8. The van der Waals surface area contributed by atoms with Crippen molar-refractivity contribution < 1.29 is 34.5 Å². The Labute approximate surface area is 196 Å². The second kappa shape index (κ2) is 9.90. The van der Waals surface area contributed by atoms with Gasteiger partial charge in [0.1, 0.15) is 24.4 Å². The van der Waals surface area contributed by atoms with Gasteiger partial charge in [-0.15, -0.1) is 0 Å². The van der Waals surface area contributed by atoms with Gasteiger partial charge in [-0.2, -0.15) is 0 Å². The van der Waals surface area contributed by atoms with Gasteiger partial charge in [-0.3, -0.25) is 9.59 Å². The maximum atomic E-state index is 13.3. The van der Waals surface area contributed by atoms with E-state index in [4.69, 9.17) is 9.57 Å². The SMILES string of the molecule is CC(=O)N[C@@H]1[C@H](O/N=C2\C(=O)N(Cc3ccccc3)c3ccc(C)cc32)O[C@H](CO)[C@H](O)[C@@H]1O. The Balaban J connectivity index is 1.64. The molecule has 2 aliphatic rings. The molecule has 4 rings (SSSR count). The fraction of sp³-hybridized carbons (Fsp3) is 0.375. The first-order valence-corrected chi connectivity index (χ1v) is 10.9. The van der Waals surface area contributed by atoms with E-state index in [0.29, 0.717) is 17.8 Å². The highest BCUT2D eigenvalue weighted by Gasteiger charge is 2.46. The number of oxime groups is 1. The molecule has 2 aliphatic heterocycles. The fourth-order valence-corrected chi connectivity index (χ4v) is 4.10. The van der Waals surface area contributed by atoms with E-state index in [2.05, 4.69) is 10.5 Å². The van der Waals surface area contributed by atoms with E-state index in [-0.39, 0.29) is 11.6 Å². The third-order valence-corrected chi connectivity index (χ3v) is 5.83. The van der Waals surface area contributed by atoms with Crippen molar-refractivity contribution in [3.05, 3.63) is 65.2 Å². The molecule has 1 fully saturated rings. The van der Waals surface area contributed by atoms with E-state index in [9.17, 15) is 24.9 Å². The number of hydrogen-bond acceptors (Lipinski definition) is 8. The van der Waals surface area contributed by atoms with Crippen molar-refractivity contribution >= 4 is 23.2 Å². The Kier molecular flexibility index (Phi) is 6.94. The number of aliphatic hydroxyl groups excluding tert-OH is 3. The van der Waals surface area contributed by atoms with Crippen LogP contribution in [-0.4, -0.2) is 70.1 Å². The predicted octanol–water partition coefficient (Wildman–Crippen LogP) is 0.206. The number of aliphatic hydroxyl groups is 3. The zero-order valence-corrected chi connectivity index (χ0v) is 18.8. The predicted molar refractivity (Wildman–Crippen MR) is 122 cm³/mol. The molecule has 0 radical (unpaired) electrons. The summed E-state index contributed by atoms with van der Waals surface area (Å²) in [5, 5.41) is 36.6. The zero-order valence-electron chi connectivity index (χ0n) is 18.8. The number of ether oxygens (including phenoxy) is 1. The van der Waals surface area contributed by atoms with Crippen LogP contribution in [0.25, 0.3) is 0 Å². The minimum Gasteiger partial charge on any atom is -0.394 e. The number of nitrogens with zero attached hydrogens (tertiary/aromatic N) is 2. The number of aryl methyl sites for hydroxylation is 1. The topological polar surface area (TPSA) is 141 Å². The van der Waals surface area contributed by atoms with Gasteiger partial charge < -0.3 is 35.1 Å². The highest BCUT2D eigenvalue weighted by atomic mass is 16.8. The summed E-state index contributed by atoms with van der Waals surface area (Å²) in [7, 11) is 0. The fourth-order valence-electron chi connectivity index (χ4n) is 4.10. The second-order valence-corrected chi connectivity index (χ2v) is 8.38. The van der Waals surface area contributed by atoms with E-state index < -0.39 is 43.2 Å². The third-order valence-electron chi connectivity index (χ3n) is 5.83. The van der Waals surface area contributed by atoms with Gasteiger partial charge in [-0.05, 0) is 24.6 Å². The summed E-state index contributed by atoms with van der Waals surface area (Å²) in [5.41, 5.74) is 3.15. The molecule has 10 heteroatoms. The molecule has 0 spiro atoms. The summed E-state index contributed by atoms with van der Waals surface area (Å²) in [6.45, 7) is 2.87. The van der Waals surface area contributed by atoms with Gasteiger partial charge in [0, 0.05) is 12.5 Å². The lowest BCUT2D eigenvalue weighted by atomic mass is 9.97. The van der Waals surface area contributed by atoms with Crippen molar-refractivity contribution in [3.63, 3.8) is 0 Å². The van der Waals surface area contributed by atoms with Gasteiger partial charge >= 0.3 is 0 Å². The molecule has 0 unspecified atom stereocenters. The van der Waals surface area contributed by atoms with Crippen molar-refractivity contribution in [2.75, 3.05) is 11.5 Å². The lowest BCUT2D eigenvalue weighted by molar-refractivity contribution is -0.270. The molecule has 2 aromatic rings. The average Bonchev–Trinajstić information content (AvgIpc) is 3.07. The number of benzene rings is 2. The smallest absolute Gasteiger partial charge is 0.281 e. The Bertz CT molecular complexity index is 1090. The number of nitrogens with one attached hydrogen (secondary N) is 1. The third kappa shape index (κ3) is 4.66. The minimum absolute atomic E-state index is 0.0426. The Hall–Kier alpha value is -3.31. The molecule has 0 saturated carbocycles. The molecular weight excluding hydrogens is 442 g/mol. The van der Waals surface area contributed by atoms with E-state index in [1.165, 1.54) is 6.92 Å². The molecule has 10 nitrogen and oxygen atoms in total. The molecule has 2 heterocycles. The number of carbonyl (C=O) groups excluding carboxylic acids is 2. The molecule has 0 aromatic heterocycles. The maximum Gasteiger partial charge on any atom is 0.281 e. The van der Waals surface area contributed by atoms with Crippen molar-refractivity contribution in [2.45, 2.75) is 51.0 Å². The second-order valence-electron chi connectivity index (χ2n) is 8.38. The van der Waals surface area contributed by atoms with Crippen LogP contribution >= 0.6 is 0 Å². The highest BCUT2D eigenvalue weighted by Crippen LogP contribution is 2.32. The molecule has 34 heavy (non-hydrogen) atoms. The lowest BCUT2D eigenvalue weighted by Crippen LogP contribution is -2.64. The Morgan fingerprint density at radius 3 is 2.59 bits per heavy atom. The maximum absolute atomic E-state index is 13.3. The Morgan fingerprint density at radius 1 is 1.18 bits per heavy atom. The summed E-state index contributed by atoms with van der Waals surface area (Å²) in [6.07, 6.45) is -5.44. The van der Waals surface area contributed by atoms with Crippen LogP contribution in [0.15, 0.2) is 53.7 Å². The van der Waals surface area contributed by atoms with Gasteiger partial charge in [0.25, 0.3) is 5.91 Å². The molecule has 0 aliphatic carbocycles. The largest absolute Gasteiger partial charge is 0.394 e. The van der Waals surface area contributed by atoms with Gasteiger partial charge in [0.05, 0.1) is 18.8 Å². The number of hydrogen-bond donors (Lipinski definition) is 4. The van der Waals surface area contributed by atoms with Crippen molar-refractivity contribution in [1.29, 1.82) is 0 Å². The van der Waals surface area contributed by atoms with E-state index in [0.717, 1.165) is 11.1 Å². The number of anilines is 1. The molecule has 1 saturated heterocycles. The highest BCUT2D eigenvalue weighted by molar-refractivity contribution is 6.54. The molecule has 2 amide bonds. The van der Waals surface area contributed by atoms with Crippen LogP contribution in [0.4, 0.5) is 5.69 Å². The molecule has 5 atom stereocenters. The number of amides is 2. The summed E-state index contributed by atoms with van der Waals surface area (Å²) in [4.78, 5) is 32.1. The van der Waals surface area contributed by atoms with Crippen LogP contribution in [0, 0.1) is 6.92 Å². The zero-order chi connectivity index (χ0) is 24.4. The molecule has 180 valence electrons. The number of carbonyl (C=O) groups is 2. The van der Waals surface area contributed by atoms with Crippen LogP contribution in [0.1, 0.15) is 23.6 Å². The summed E-state index contributed by atoms with van der Waals surface area (Å²) >= 11 is 0. The van der Waals surface area contributed by atoms with E-state index in [1.807, 2.05) is 55.5 Å².